The smallest absolute Gasteiger partial charge is 0.0169 e. The molecule has 0 N–H and O–H groups in total. The number of hydrogen-bond donors (Lipinski definition) is 0. The molecular weight excluding hydrogens is 192 g/mol. The Morgan fingerprint density at radius 1 is 0.923 bits per heavy atom. The van der Waals surface area contributed by atoms with Crippen molar-refractivity contribution in [2.75, 3.05) is 0 Å². The van der Waals surface area contributed by atoms with Gasteiger partial charge < -0.3 is 0 Å². The predicted molar refractivity (Wildman–Crippen MR) is 52.8 cm³/mol. The standard InChI is InChI=1S/C12H12.Ti/c1-2-4-8-11(7-3-1)12-9-5-6-10-12;/h1-7,9-10,12H,8H2;. The van der Waals surface area contributed by atoms with Crippen LogP contribution in [0.15, 0.2) is 60.3 Å². The van der Waals surface area contributed by atoms with E-state index < -0.39 is 0 Å². The summed E-state index contributed by atoms with van der Waals surface area (Å²) in [6, 6.07) is 0. The molecule has 0 heterocycles. The van der Waals surface area contributed by atoms with Gasteiger partial charge >= 0.3 is 0 Å². The molecule has 0 nitrogen and oxygen atoms in total. The third-order valence-electron chi connectivity index (χ3n) is 2.20. The van der Waals surface area contributed by atoms with E-state index in [0.29, 0.717) is 5.92 Å². The Hall–Kier alpha value is -0.586. The zero-order chi connectivity index (χ0) is 8.23. The zero-order valence-electron chi connectivity index (χ0n) is 7.48. The van der Waals surface area contributed by atoms with Crippen LogP contribution in [-0.2, 0) is 21.7 Å². The zero-order valence-corrected chi connectivity index (χ0v) is 9.04. The van der Waals surface area contributed by atoms with Crippen LogP contribution in [-0.4, -0.2) is 0 Å². The van der Waals surface area contributed by atoms with Crippen LogP contribution in [0, 0.1) is 5.92 Å². The van der Waals surface area contributed by atoms with Crippen LogP contribution < -0.4 is 0 Å². The molecule has 0 fully saturated rings. The maximum Gasteiger partial charge on any atom is 0.0169 e. The molecule has 0 saturated heterocycles. The Labute approximate surface area is 94.3 Å². The van der Waals surface area contributed by atoms with Gasteiger partial charge in [0.25, 0.3) is 0 Å². The van der Waals surface area contributed by atoms with Gasteiger partial charge in [0.15, 0.2) is 0 Å². The molecule has 0 saturated carbocycles. The van der Waals surface area contributed by atoms with Crippen molar-refractivity contribution in [3.8, 4) is 0 Å². The van der Waals surface area contributed by atoms with E-state index in [2.05, 4.69) is 54.7 Å². The van der Waals surface area contributed by atoms with Crippen LogP contribution in [0.1, 0.15) is 6.42 Å². The summed E-state index contributed by atoms with van der Waals surface area (Å²) in [6.07, 6.45) is 20.5. The molecular formula is C12H12Ti. The van der Waals surface area contributed by atoms with E-state index in [4.69, 9.17) is 0 Å². The Morgan fingerprint density at radius 2 is 1.69 bits per heavy atom. The summed E-state index contributed by atoms with van der Waals surface area (Å²) in [7, 11) is 0. The Morgan fingerprint density at radius 3 is 2.46 bits per heavy atom. The number of allylic oxidation sites excluding steroid dienone is 10. The topological polar surface area (TPSA) is 0 Å². The molecule has 0 aromatic heterocycles. The largest absolute Gasteiger partial charge is 0.0804 e. The van der Waals surface area contributed by atoms with Crippen molar-refractivity contribution in [3.63, 3.8) is 0 Å². The summed E-state index contributed by atoms with van der Waals surface area (Å²) >= 11 is 0. The molecule has 0 aromatic rings. The average Bonchev–Trinajstić information content (AvgIpc) is 2.48. The van der Waals surface area contributed by atoms with Gasteiger partial charge in [0.05, 0.1) is 0 Å². The van der Waals surface area contributed by atoms with Gasteiger partial charge in [-0.2, -0.15) is 0 Å². The van der Waals surface area contributed by atoms with E-state index in [9.17, 15) is 0 Å². The molecule has 64 valence electrons. The van der Waals surface area contributed by atoms with Gasteiger partial charge in [-0.05, 0) is 6.42 Å². The van der Waals surface area contributed by atoms with Crippen molar-refractivity contribution >= 4 is 0 Å². The molecule has 0 spiro atoms. The first kappa shape index (κ1) is 10.5. The molecule has 13 heavy (non-hydrogen) atoms. The van der Waals surface area contributed by atoms with Gasteiger partial charge in [0, 0.05) is 27.6 Å². The maximum absolute atomic E-state index is 2.23. The van der Waals surface area contributed by atoms with Gasteiger partial charge in [-0.25, -0.2) is 0 Å². The van der Waals surface area contributed by atoms with E-state index >= 15 is 0 Å². The molecule has 0 aromatic carbocycles. The Kier molecular flexibility index (Phi) is 4.21. The average molecular weight is 204 g/mol. The minimum absolute atomic E-state index is 0. The van der Waals surface area contributed by atoms with Gasteiger partial charge in [0.1, 0.15) is 0 Å². The molecule has 0 atom stereocenters. The first-order chi connectivity index (χ1) is 5.97. The molecule has 1 heteroatoms. The third-order valence-corrected chi connectivity index (χ3v) is 2.20. The molecule has 0 amide bonds. The second kappa shape index (κ2) is 5.21. The fourth-order valence-electron chi connectivity index (χ4n) is 1.52. The minimum atomic E-state index is 0. The second-order valence-corrected chi connectivity index (χ2v) is 3.05. The molecule has 0 aliphatic heterocycles. The Balaban J connectivity index is 0.000000845. The fraction of sp³-hybridized carbons (Fsp3) is 0.167. The van der Waals surface area contributed by atoms with Crippen molar-refractivity contribution in [1.29, 1.82) is 0 Å². The van der Waals surface area contributed by atoms with E-state index in [1.807, 2.05) is 0 Å². The van der Waals surface area contributed by atoms with Gasteiger partial charge in [-0.3, -0.25) is 0 Å². The van der Waals surface area contributed by atoms with E-state index in [-0.39, 0.29) is 21.7 Å². The van der Waals surface area contributed by atoms with E-state index in [1.165, 1.54) is 5.57 Å². The summed E-state index contributed by atoms with van der Waals surface area (Å²) < 4.78 is 0. The molecule has 2 rings (SSSR count). The van der Waals surface area contributed by atoms with E-state index in [1.54, 1.807) is 0 Å². The first-order valence-electron chi connectivity index (χ1n) is 4.34. The van der Waals surface area contributed by atoms with Crippen LogP contribution in [0.5, 0.6) is 0 Å². The minimum Gasteiger partial charge on any atom is -0.0804 e. The van der Waals surface area contributed by atoms with Gasteiger partial charge in [-0.1, -0.05) is 60.3 Å². The SMILES string of the molecule is C1=CC=C(C2C=CC=C2)CC=C1.[Ti]. The molecule has 0 unspecified atom stereocenters. The first-order valence-corrected chi connectivity index (χ1v) is 4.34. The fourth-order valence-corrected chi connectivity index (χ4v) is 1.52. The summed E-state index contributed by atoms with van der Waals surface area (Å²) in [5.74, 6) is 0.539. The quantitative estimate of drug-likeness (QED) is 0.575. The normalized spacial score (nSPS) is 19.8. The molecule has 2 aliphatic rings. The van der Waals surface area contributed by atoms with Crippen molar-refractivity contribution in [1.82, 2.24) is 0 Å². The molecule has 0 radical (unpaired) electrons. The Bertz CT molecular complexity index is 291. The van der Waals surface area contributed by atoms with Crippen LogP contribution in [0.3, 0.4) is 0 Å². The summed E-state index contributed by atoms with van der Waals surface area (Å²) in [6.45, 7) is 0. The number of hydrogen-bond acceptors (Lipinski definition) is 0. The van der Waals surface area contributed by atoms with Crippen LogP contribution in [0.25, 0.3) is 0 Å². The predicted octanol–water partition coefficient (Wildman–Crippen LogP) is 3.17. The third kappa shape index (κ3) is 2.68. The molecule has 2 aliphatic carbocycles. The van der Waals surface area contributed by atoms with Crippen LogP contribution in [0.2, 0.25) is 0 Å². The maximum atomic E-state index is 2.23. The summed E-state index contributed by atoms with van der Waals surface area (Å²) in [4.78, 5) is 0. The van der Waals surface area contributed by atoms with Gasteiger partial charge in [-0.15, -0.1) is 0 Å². The van der Waals surface area contributed by atoms with Crippen LogP contribution in [0.4, 0.5) is 0 Å². The van der Waals surface area contributed by atoms with Crippen molar-refractivity contribution in [2.24, 2.45) is 5.92 Å². The second-order valence-electron chi connectivity index (χ2n) is 3.05. The molecule has 0 bridgehead atoms. The monoisotopic (exact) mass is 204 g/mol. The van der Waals surface area contributed by atoms with Crippen LogP contribution >= 0.6 is 0 Å². The van der Waals surface area contributed by atoms with E-state index in [0.717, 1.165) is 6.42 Å². The van der Waals surface area contributed by atoms with Crippen molar-refractivity contribution in [3.05, 3.63) is 60.3 Å². The van der Waals surface area contributed by atoms with Crippen molar-refractivity contribution < 1.29 is 21.7 Å². The number of rotatable bonds is 1. The summed E-state index contributed by atoms with van der Waals surface area (Å²) in [5.41, 5.74) is 1.48. The van der Waals surface area contributed by atoms with Crippen molar-refractivity contribution in [2.45, 2.75) is 6.42 Å². The van der Waals surface area contributed by atoms with Gasteiger partial charge in [0.2, 0.25) is 0 Å². The summed E-state index contributed by atoms with van der Waals surface area (Å²) in [5, 5.41) is 0.